The fourth-order valence-corrected chi connectivity index (χ4v) is 2.39. The van der Waals surface area contributed by atoms with E-state index in [0.717, 1.165) is 17.7 Å². The van der Waals surface area contributed by atoms with E-state index in [-0.39, 0.29) is 12.0 Å². The van der Waals surface area contributed by atoms with E-state index in [4.69, 9.17) is 5.73 Å². The summed E-state index contributed by atoms with van der Waals surface area (Å²) in [7, 11) is 0. The molecule has 0 saturated heterocycles. The summed E-state index contributed by atoms with van der Waals surface area (Å²) in [5.41, 5.74) is 5.77. The van der Waals surface area contributed by atoms with Crippen LogP contribution in [0.3, 0.4) is 0 Å². The monoisotopic (exact) mass is 266 g/mol. The summed E-state index contributed by atoms with van der Waals surface area (Å²) in [5.74, 6) is -0.754. The molecule has 0 aromatic rings. The summed E-state index contributed by atoms with van der Waals surface area (Å²) in [6.07, 6.45) is -1.54. The maximum atomic E-state index is 12.5. The van der Waals surface area contributed by atoms with E-state index in [1.54, 1.807) is 13.8 Å². The van der Waals surface area contributed by atoms with Gasteiger partial charge in [-0.3, -0.25) is 4.79 Å². The van der Waals surface area contributed by atoms with Crippen LogP contribution in [0.15, 0.2) is 0 Å². The first-order valence-electron chi connectivity index (χ1n) is 6.33. The van der Waals surface area contributed by atoms with Crippen LogP contribution in [0.25, 0.3) is 0 Å². The van der Waals surface area contributed by atoms with E-state index in [1.165, 1.54) is 0 Å². The zero-order valence-electron chi connectivity index (χ0n) is 10.8. The molecule has 1 saturated carbocycles. The van der Waals surface area contributed by atoms with Gasteiger partial charge in [0.25, 0.3) is 0 Å². The van der Waals surface area contributed by atoms with E-state index in [2.05, 4.69) is 0 Å². The summed E-state index contributed by atoms with van der Waals surface area (Å²) in [6.45, 7) is 2.04. The summed E-state index contributed by atoms with van der Waals surface area (Å²) in [4.78, 5) is 13.1. The minimum Gasteiger partial charge on any atom is -0.331 e. The highest BCUT2D eigenvalue weighted by atomic mass is 19.4. The first-order chi connectivity index (χ1) is 8.20. The Hall–Kier alpha value is -0.780. The third-order valence-corrected chi connectivity index (χ3v) is 3.32. The highest BCUT2D eigenvalue weighted by Crippen LogP contribution is 2.27. The number of alkyl halides is 3. The molecular formula is C12H21F3N2O. The van der Waals surface area contributed by atoms with E-state index in [0.29, 0.717) is 12.8 Å². The summed E-state index contributed by atoms with van der Waals surface area (Å²) < 4.78 is 37.4. The van der Waals surface area contributed by atoms with E-state index < -0.39 is 24.7 Å². The Morgan fingerprint density at radius 3 is 2.44 bits per heavy atom. The predicted octanol–water partition coefficient (Wildman–Crippen LogP) is 2.30. The SMILES string of the molecule is CC(C)N(CC(F)(F)F)C(=O)C1CCCC(N)C1. The lowest BCUT2D eigenvalue weighted by atomic mass is 9.85. The summed E-state index contributed by atoms with van der Waals surface area (Å²) >= 11 is 0. The van der Waals surface area contributed by atoms with Crippen LogP contribution in [-0.4, -0.2) is 35.6 Å². The van der Waals surface area contributed by atoms with Gasteiger partial charge in [0.15, 0.2) is 0 Å². The second-order valence-corrected chi connectivity index (χ2v) is 5.30. The molecule has 2 atom stereocenters. The highest BCUT2D eigenvalue weighted by molar-refractivity contribution is 5.79. The number of halogens is 3. The standard InChI is InChI=1S/C12H21F3N2O/c1-8(2)17(7-12(13,14)15)11(18)9-4-3-5-10(16)6-9/h8-10H,3-7,16H2,1-2H3. The summed E-state index contributed by atoms with van der Waals surface area (Å²) in [6, 6.07) is -0.509. The van der Waals surface area contributed by atoms with Crippen molar-refractivity contribution in [3.63, 3.8) is 0 Å². The molecule has 0 radical (unpaired) electrons. The topological polar surface area (TPSA) is 46.3 Å². The molecule has 3 nitrogen and oxygen atoms in total. The molecule has 0 bridgehead atoms. The number of amides is 1. The van der Waals surface area contributed by atoms with Gasteiger partial charge in [-0.05, 0) is 33.1 Å². The Labute approximate surface area is 106 Å². The molecule has 1 rings (SSSR count). The van der Waals surface area contributed by atoms with Gasteiger partial charge < -0.3 is 10.6 Å². The number of hydrogen-bond acceptors (Lipinski definition) is 2. The van der Waals surface area contributed by atoms with Gasteiger partial charge in [-0.1, -0.05) is 6.42 Å². The fraction of sp³-hybridized carbons (Fsp3) is 0.917. The molecule has 2 N–H and O–H groups in total. The third-order valence-electron chi connectivity index (χ3n) is 3.32. The average molecular weight is 266 g/mol. The molecule has 0 spiro atoms. The van der Waals surface area contributed by atoms with Gasteiger partial charge in [0.05, 0.1) is 0 Å². The molecular weight excluding hydrogens is 245 g/mol. The lowest BCUT2D eigenvalue weighted by Gasteiger charge is -2.34. The molecule has 6 heteroatoms. The van der Waals surface area contributed by atoms with Crippen LogP contribution in [0.4, 0.5) is 13.2 Å². The van der Waals surface area contributed by atoms with Gasteiger partial charge in [0, 0.05) is 18.0 Å². The molecule has 0 heterocycles. The quantitative estimate of drug-likeness (QED) is 0.852. The average Bonchev–Trinajstić information content (AvgIpc) is 2.23. The predicted molar refractivity (Wildman–Crippen MR) is 62.8 cm³/mol. The molecule has 1 aliphatic carbocycles. The lowest BCUT2D eigenvalue weighted by molar-refractivity contribution is -0.167. The van der Waals surface area contributed by atoms with Crippen molar-refractivity contribution in [2.24, 2.45) is 11.7 Å². The first kappa shape index (κ1) is 15.3. The van der Waals surface area contributed by atoms with Crippen LogP contribution in [0.2, 0.25) is 0 Å². The number of nitrogens with zero attached hydrogens (tertiary/aromatic N) is 1. The van der Waals surface area contributed by atoms with Crippen LogP contribution in [-0.2, 0) is 4.79 Å². The minimum atomic E-state index is -4.35. The molecule has 0 aromatic carbocycles. The molecule has 2 unspecified atom stereocenters. The second kappa shape index (κ2) is 5.91. The van der Waals surface area contributed by atoms with Crippen LogP contribution in [0.5, 0.6) is 0 Å². The molecule has 1 amide bonds. The molecule has 1 fully saturated rings. The Morgan fingerprint density at radius 1 is 1.39 bits per heavy atom. The molecule has 106 valence electrons. The van der Waals surface area contributed by atoms with Gasteiger partial charge in [0.2, 0.25) is 5.91 Å². The Bertz CT molecular complexity index is 292. The number of rotatable bonds is 3. The van der Waals surface area contributed by atoms with Crippen molar-refractivity contribution in [2.75, 3.05) is 6.54 Å². The Kier molecular flexibility index (Phi) is 5.01. The number of hydrogen-bond donors (Lipinski definition) is 1. The Balaban J connectivity index is 2.70. The number of nitrogens with two attached hydrogens (primary N) is 1. The second-order valence-electron chi connectivity index (χ2n) is 5.30. The zero-order chi connectivity index (χ0) is 13.9. The largest absolute Gasteiger partial charge is 0.406 e. The van der Waals surface area contributed by atoms with Crippen molar-refractivity contribution in [3.05, 3.63) is 0 Å². The van der Waals surface area contributed by atoms with Gasteiger partial charge in [-0.15, -0.1) is 0 Å². The number of carbonyl (C=O) groups excluding carboxylic acids is 1. The smallest absolute Gasteiger partial charge is 0.331 e. The van der Waals surface area contributed by atoms with Crippen molar-refractivity contribution in [1.29, 1.82) is 0 Å². The van der Waals surface area contributed by atoms with Crippen LogP contribution in [0, 0.1) is 5.92 Å². The third kappa shape index (κ3) is 4.48. The van der Waals surface area contributed by atoms with Gasteiger partial charge in [-0.2, -0.15) is 13.2 Å². The van der Waals surface area contributed by atoms with Gasteiger partial charge in [0.1, 0.15) is 6.54 Å². The van der Waals surface area contributed by atoms with Crippen molar-refractivity contribution < 1.29 is 18.0 Å². The Morgan fingerprint density at radius 2 is 2.00 bits per heavy atom. The van der Waals surface area contributed by atoms with E-state index in [9.17, 15) is 18.0 Å². The molecule has 1 aliphatic rings. The maximum absolute atomic E-state index is 12.5. The van der Waals surface area contributed by atoms with Crippen LogP contribution in [0.1, 0.15) is 39.5 Å². The van der Waals surface area contributed by atoms with Gasteiger partial charge >= 0.3 is 6.18 Å². The molecule has 0 aliphatic heterocycles. The maximum Gasteiger partial charge on any atom is 0.406 e. The molecule has 18 heavy (non-hydrogen) atoms. The highest BCUT2D eigenvalue weighted by Gasteiger charge is 2.37. The van der Waals surface area contributed by atoms with Crippen LogP contribution < -0.4 is 5.73 Å². The fourth-order valence-electron chi connectivity index (χ4n) is 2.39. The van der Waals surface area contributed by atoms with Gasteiger partial charge in [-0.25, -0.2) is 0 Å². The lowest BCUT2D eigenvalue weighted by Crippen LogP contribution is -2.47. The molecule has 0 aromatic heterocycles. The minimum absolute atomic E-state index is 0.0624. The van der Waals surface area contributed by atoms with E-state index in [1.807, 2.05) is 0 Å². The van der Waals surface area contributed by atoms with Crippen molar-refractivity contribution >= 4 is 5.91 Å². The summed E-state index contributed by atoms with van der Waals surface area (Å²) in [5, 5.41) is 0. The normalized spacial score (nSPS) is 25.3. The van der Waals surface area contributed by atoms with E-state index >= 15 is 0 Å². The van der Waals surface area contributed by atoms with Crippen molar-refractivity contribution in [3.8, 4) is 0 Å². The number of carbonyl (C=O) groups is 1. The zero-order valence-corrected chi connectivity index (χ0v) is 10.8. The van der Waals surface area contributed by atoms with Crippen LogP contribution >= 0.6 is 0 Å². The van der Waals surface area contributed by atoms with Crippen molar-refractivity contribution in [1.82, 2.24) is 4.90 Å². The first-order valence-corrected chi connectivity index (χ1v) is 6.33. The van der Waals surface area contributed by atoms with Crippen molar-refractivity contribution in [2.45, 2.75) is 57.8 Å².